The Bertz CT molecular complexity index is 1100. The van der Waals surface area contributed by atoms with Gasteiger partial charge in [0, 0.05) is 29.4 Å². The van der Waals surface area contributed by atoms with Gasteiger partial charge in [0.1, 0.15) is 0 Å². The zero-order valence-corrected chi connectivity index (χ0v) is 15.8. The predicted molar refractivity (Wildman–Crippen MR) is 109 cm³/mol. The third-order valence-corrected chi connectivity index (χ3v) is 4.66. The Labute approximate surface area is 164 Å². The largest absolute Gasteiger partial charge is 0.325 e. The molecule has 5 nitrogen and oxygen atoms in total. The molecule has 28 heavy (non-hydrogen) atoms. The van der Waals surface area contributed by atoms with E-state index in [0.717, 1.165) is 41.0 Å². The summed E-state index contributed by atoms with van der Waals surface area (Å²) in [7, 11) is 0. The Morgan fingerprint density at radius 1 is 1.00 bits per heavy atom. The van der Waals surface area contributed by atoms with Gasteiger partial charge in [0.2, 0.25) is 0 Å². The third-order valence-electron chi connectivity index (χ3n) is 4.66. The van der Waals surface area contributed by atoms with Crippen LogP contribution in [0.3, 0.4) is 0 Å². The van der Waals surface area contributed by atoms with E-state index in [1.54, 1.807) is 0 Å². The summed E-state index contributed by atoms with van der Waals surface area (Å²) in [5, 5.41) is 13.5. The first-order valence-electron chi connectivity index (χ1n) is 9.41. The second kappa shape index (κ2) is 7.93. The Morgan fingerprint density at radius 3 is 2.50 bits per heavy atom. The maximum atomic E-state index is 9.11. The molecular weight excluding hydrogens is 346 g/mol. The Kier molecular flexibility index (Phi) is 5.03. The fourth-order valence-electron chi connectivity index (χ4n) is 3.35. The molecule has 0 aliphatic rings. The average Bonchev–Trinajstić information content (AvgIpc) is 3.36. The van der Waals surface area contributed by atoms with Crippen molar-refractivity contribution in [3.05, 3.63) is 84.4 Å². The molecule has 0 atom stereocenters. The van der Waals surface area contributed by atoms with E-state index in [1.165, 1.54) is 0 Å². The number of aromatic nitrogens is 4. The lowest BCUT2D eigenvalue weighted by atomic mass is 10.0. The zero-order chi connectivity index (χ0) is 19.3. The minimum Gasteiger partial charge on any atom is -0.325 e. The van der Waals surface area contributed by atoms with E-state index in [4.69, 9.17) is 10.2 Å². The van der Waals surface area contributed by atoms with E-state index in [0.29, 0.717) is 12.1 Å². The summed E-state index contributed by atoms with van der Waals surface area (Å²) in [6, 6.07) is 20.0. The van der Waals surface area contributed by atoms with Crippen molar-refractivity contribution in [1.29, 1.82) is 5.26 Å². The van der Waals surface area contributed by atoms with Gasteiger partial charge in [0.25, 0.3) is 0 Å². The van der Waals surface area contributed by atoms with Crippen molar-refractivity contribution < 1.29 is 0 Å². The molecule has 2 heterocycles. The van der Waals surface area contributed by atoms with Crippen molar-refractivity contribution in [2.24, 2.45) is 0 Å². The summed E-state index contributed by atoms with van der Waals surface area (Å²) in [6.07, 6.45) is 6.95. The molecule has 0 amide bonds. The van der Waals surface area contributed by atoms with Gasteiger partial charge in [-0.2, -0.15) is 10.4 Å². The first kappa shape index (κ1) is 17.7. The maximum absolute atomic E-state index is 9.11. The highest BCUT2D eigenvalue weighted by atomic mass is 15.3. The van der Waals surface area contributed by atoms with Gasteiger partial charge in [-0.3, -0.25) is 4.68 Å². The molecule has 0 fully saturated rings. The van der Waals surface area contributed by atoms with Crippen molar-refractivity contribution in [2.45, 2.75) is 26.4 Å². The number of benzene rings is 2. The van der Waals surface area contributed by atoms with Crippen molar-refractivity contribution in [3.63, 3.8) is 0 Å². The molecule has 4 rings (SSSR count). The summed E-state index contributed by atoms with van der Waals surface area (Å²) in [5.74, 6) is 0. The van der Waals surface area contributed by atoms with Gasteiger partial charge in [-0.1, -0.05) is 49.4 Å². The minimum atomic E-state index is 0.650. The average molecular weight is 367 g/mol. The summed E-state index contributed by atoms with van der Waals surface area (Å²) >= 11 is 0. The molecule has 0 saturated carbocycles. The van der Waals surface area contributed by atoms with Crippen molar-refractivity contribution in [1.82, 2.24) is 19.3 Å². The van der Waals surface area contributed by atoms with Crippen LogP contribution in [0.25, 0.3) is 22.5 Å². The van der Waals surface area contributed by atoms with Gasteiger partial charge in [-0.25, -0.2) is 4.98 Å². The van der Waals surface area contributed by atoms with Crippen LogP contribution < -0.4 is 0 Å². The summed E-state index contributed by atoms with van der Waals surface area (Å²) in [4.78, 5) is 4.72. The van der Waals surface area contributed by atoms with Gasteiger partial charge in [-0.15, -0.1) is 0 Å². The minimum absolute atomic E-state index is 0.650. The van der Waals surface area contributed by atoms with Crippen LogP contribution in [0.4, 0.5) is 0 Å². The predicted octanol–water partition coefficient (Wildman–Crippen LogP) is 4.74. The van der Waals surface area contributed by atoms with Gasteiger partial charge in [-0.05, 0) is 18.6 Å². The lowest BCUT2D eigenvalue weighted by Gasteiger charge is -2.10. The van der Waals surface area contributed by atoms with E-state index in [2.05, 4.69) is 41.0 Å². The molecule has 0 bridgehead atoms. The fraction of sp³-hybridized carbons (Fsp3) is 0.174. The topological polar surface area (TPSA) is 59.4 Å². The number of hydrogen-bond acceptors (Lipinski definition) is 3. The number of aryl methyl sites for hydroxylation is 1. The van der Waals surface area contributed by atoms with Crippen molar-refractivity contribution >= 4 is 0 Å². The Morgan fingerprint density at radius 2 is 1.79 bits per heavy atom. The summed E-state index contributed by atoms with van der Waals surface area (Å²) < 4.78 is 4.13. The number of imidazole rings is 1. The van der Waals surface area contributed by atoms with Gasteiger partial charge in [0.15, 0.2) is 0 Å². The molecule has 4 aromatic rings. The lowest BCUT2D eigenvalue weighted by Crippen LogP contribution is -2.01. The highest BCUT2D eigenvalue weighted by Gasteiger charge is 2.15. The number of nitriles is 1. The van der Waals surface area contributed by atoms with Crippen molar-refractivity contribution in [3.8, 4) is 28.6 Å². The molecular formula is C23H21N5. The van der Waals surface area contributed by atoms with E-state index in [9.17, 15) is 0 Å². The van der Waals surface area contributed by atoms with Crippen LogP contribution in [0.15, 0.2) is 73.3 Å². The molecule has 0 N–H and O–H groups in total. The maximum Gasteiger partial charge on any atom is 0.0991 e. The van der Waals surface area contributed by atoms with Gasteiger partial charge in [0.05, 0.1) is 42.1 Å². The zero-order valence-electron chi connectivity index (χ0n) is 15.8. The van der Waals surface area contributed by atoms with Crippen LogP contribution in [0.2, 0.25) is 0 Å². The highest BCUT2D eigenvalue weighted by molar-refractivity contribution is 5.78. The van der Waals surface area contributed by atoms with E-state index in [-0.39, 0.29) is 0 Å². The normalized spacial score (nSPS) is 10.7. The van der Waals surface area contributed by atoms with Crippen LogP contribution >= 0.6 is 0 Å². The number of rotatable bonds is 6. The van der Waals surface area contributed by atoms with Crippen LogP contribution in [0.1, 0.15) is 24.5 Å². The van der Waals surface area contributed by atoms with E-state index in [1.807, 2.05) is 59.7 Å². The van der Waals surface area contributed by atoms with Gasteiger partial charge >= 0.3 is 0 Å². The monoisotopic (exact) mass is 367 g/mol. The van der Waals surface area contributed by atoms with Crippen LogP contribution in [0, 0.1) is 11.3 Å². The molecule has 0 unspecified atom stereocenters. The fourth-order valence-corrected chi connectivity index (χ4v) is 3.35. The SMILES string of the molecule is CCCn1cc(Cn2cnc(-c3ccccc3)c2-c2ccc(C#N)cc2)cn1. The highest BCUT2D eigenvalue weighted by Crippen LogP contribution is 2.31. The van der Waals surface area contributed by atoms with Crippen LogP contribution in [-0.4, -0.2) is 19.3 Å². The summed E-state index contributed by atoms with van der Waals surface area (Å²) in [6.45, 7) is 3.76. The molecule has 0 aliphatic carbocycles. The molecule has 138 valence electrons. The standard InChI is InChI=1S/C23H21N5/c1-2-12-28-16-19(14-26-28)15-27-17-25-22(20-6-4-3-5-7-20)23(27)21-10-8-18(13-24)9-11-21/h3-11,14,16-17H,2,12,15H2,1H3. The molecule has 0 spiro atoms. The first-order chi connectivity index (χ1) is 13.8. The second-order valence-electron chi connectivity index (χ2n) is 6.74. The number of nitrogens with zero attached hydrogens (tertiary/aromatic N) is 5. The van der Waals surface area contributed by atoms with Crippen LogP contribution in [0.5, 0.6) is 0 Å². The van der Waals surface area contributed by atoms with Crippen LogP contribution in [-0.2, 0) is 13.1 Å². The van der Waals surface area contributed by atoms with E-state index < -0.39 is 0 Å². The van der Waals surface area contributed by atoms with E-state index >= 15 is 0 Å². The van der Waals surface area contributed by atoms with Gasteiger partial charge < -0.3 is 4.57 Å². The quantitative estimate of drug-likeness (QED) is 0.494. The smallest absolute Gasteiger partial charge is 0.0991 e. The molecule has 0 radical (unpaired) electrons. The Balaban J connectivity index is 1.77. The second-order valence-corrected chi connectivity index (χ2v) is 6.74. The molecule has 2 aromatic heterocycles. The lowest BCUT2D eigenvalue weighted by molar-refractivity contribution is 0.602. The molecule has 5 heteroatoms. The summed E-state index contributed by atoms with van der Waals surface area (Å²) in [5.41, 5.74) is 5.88. The first-order valence-corrected chi connectivity index (χ1v) is 9.41. The molecule has 0 aliphatic heterocycles. The number of hydrogen-bond donors (Lipinski definition) is 0. The van der Waals surface area contributed by atoms with Crippen molar-refractivity contribution in [2.75, 3.05) is 0 Å². The molecule has 2 aromatic carbocycles. The third kappa shape index (κ3) is 3.58. The Hall–Kier alpha value is -3.65. The molecule has 0 saturated heterocycles.